The van der Waals surface area contributed by atoms with E-state index in [2.05, 4.69) is 0 Å². The molecule has 190 valence electrons. The summed E-state index contributed by atoms with van der Waals surface area (Å²) in [5.74, 6) is -1.12. The van der Waals surface area contributed by atoms with E-state index in [1.165, 1.54) is 6.07 Å². The van der Waals surface area contributed by atoms with E-state index in [0.29, 0.717) is 21.2 Å². The third-order valence-corrected chi connectivity index (χ3v) is 7.53. The lowest BCUT2D eigenvalue weighted by Crippen LogP contribution is -2.50. The van der Waals surface area contributed by atoms with Crippen LogP contribution in [0.15, 0.2) is 103 Å². The van der Waals surface area contributed by atoms with Crippen LogP contribution in [-0.2, 0) is 20.7 Å². The van der Waals surface area contributed by atoms with Crippen molar-refractivity contribution in [3.05, 3.63) is 140 Å². The minimum absolute atomic E-state index is 0.0956. The van der Waals surface area contributed by atoms with Crippen molar-refractivity contribution >= 4 is 75.6 Å². The van der Waals surface area contributed by atoms with E-state index in [4.69, 9.17) is 74.3 Å². The number of alkyl halides is 3. The highest BCUT2D eigenvalue weighted by molar-refractivity contribution is 6.68. The smallest absolute Gasteiger partial charge is 0.349 e. The van der Waals surface area contributed by atoms with Gasteiger partial charge in [0.2, 0.25) is 15.0 Å². The maximum absolute atomic E-state index is 14.2. The van der Waals surface area contributed by atoms with Crippen molar-refractivity contribution in [1.82, 2.24) is 0 Å². The quantitative estimate of drug-likeness (QED) is 0.174. The highest BCUT2D eigenvalue weighted by atomic mass is 35.6. The molecular formula is C28H18Cl6O3. The fourth-order valence-corrected chi connectivity index (χ4v) is 5.36. The van der Waals surface area contributed by atoms with Gasteiger partial charge in [-0.15, -0.1) is 0 Å². The number of benzene rings is 4. The first-order valence-corrected chi connectivity index (χ1v) is 13.1. The van der Waals surface area contributed by atoms with Gasteiger partial charge in [-0.05, 0) is 35.9 Å². The normalized spacial score (nSPS) is 13.6. The Kier molecular flexibility index (Phi) is 8.37. The molecule has 0 aliphatic rings. The maximum atomic E-state index is 14.2. The maximum Gasteiger partial charge on any atom is 0.349 e. The Morgan fingerprint density at radius 1 is 0.622 bits per heavy atom. The molecule has 0 aliphatic carbocycles. The second-order valence-electron chi connectivity index (χ2n) is 8.14. The first kappa shape index (κ1) is 28.1. The van der Waals surface area contributed by atoms with Crippen LogP contribution in [0.3, 0.4) is 0 Å². The first-order valence-electron chi connectivity index (χ1n) is 10.9. The van der Waals surface area contributed by atoms with Crippen molar-refractivity contribution in [3.63, 3.8) is 0 Å². The standard InChI is InChI=1S/C28H18Cl6O3/c29-21-14-10-19(11-15-21)27(28(32,33)34,20-12-16-22(30)17-13-20)37-25(35)26(36,18-6-2-1-3-7-18)23-8-4-5-9-24(23)31/h1-17,36H. The van der Waals surface area contributed by atoms with E-state index in [-0.39, 0.29) is 16.1 Å². The first-order chi connectivity index (χ1) is 17.5. The second-order valence-corrected chi connectivity index (χ2v) is 11.7. The summed E-state index contributed by atoms with van der Waals surface area (Å²) < 4.78 is 3.89. The zero-order valence-electron chi connectivity index (χ0n) is 18.8. The van der Waals surface area contributed by atoms with Gasteiger partial charge in [0.25, 0.3) is 0 Å². The summed E-state index contributed by atoms with van der Waals surface area (Å²) in [4.78, 5) is 14.2. The SMILES string of the molecule is O=C(OC(c1ccc(Cl)cc1)(c1ccc(Cl)cc1)C(Cl)(Cl)Cl)C(O)(c1ccccc1)c1ccccc1Cl. The van der Waals surface area contributed by atoms with Crippen molar-refractivity contribution < 1.29 is 14.6 Å². The van der Waals surface area contributed by atoms with Crippen LogP contribution < -0.4 is 0 Å². The molecule has 1 atom stereocenters. The van der Waals surface area contributed by atoms with Gasteiger partial charge in [0.05, 0.1) is 0 Å². The van der Waals surface area contributed by atoms with Crippen LogP contribution in [0.1, 0.15) is 22.3 Å². The van der Waals surface area contributed by atoms with Crippen LogP contribution in [0, 0.1) is 0 Å². The van der Waals surface area contributed by atoms with Crippen LogP contribution >= 0.6 is 69.6 Å². The molecule has 0 amide bonds. The van der Waals surface area contributed by atoms with E-state index < -0.39 is 21.0 Å². The minimum Gasteiger partial charge on any atom is -0.442 e. The van der Waals surface area contributed by atoms with Crippen molar-refractivity contribution in [1.29, 1.82) is 0 Å². The van der Waals surface area contributed by atoms with Gasteiger partial charge in [-0.2, -0.15) is 0 Å². The predicted octanol–water partition coefficient (Wildman–Crippen LogP) is 8.74. The second kappa shape index (κ2) is 11.0. The monoisotopic (exact) mass is 612 g/mol. The van der Waals surface area contributed by atoms with E-state index in [9.17, 15) is 9.90 Å². The Morgan fingerprint density at radius 2 is 1.08 bits per heavy atom. The van der Waals surface area contributed by atoms with E-state index >= 15 is 0 Å². The van der Waals surface area contributed by atoms with E-state index in [1.54, 1.807) is 97.1 Å². The highest BCUT2D eigenvalue weighted by Gasteiger charge is 2.58. The average molecular weight is 615 g/mol. The van der Waals surface area contributed by atoms with Crippen LogP contribution in [0.2, 0.25) is 15.1 Å². The Balaban J connectivity index is 1.99. The van der Waals surface area contributed by atoms with Crippen LogP contribution in [0.25, 0.3) is 0 Å². The molecule has 0 radical (unpaired) electrons. The largest absolute Gasteiger partial charge is 0.442 e. The number of esters is 1. The lowest BCUT2D eigenvalue weighted by atomic mass is 9.84. The minimum atomic E-state index is -2.36. The molecule has 3 nitrogen and oxygen atoms in total. The summed E-state index contributed by atoms with van der Waals surface area (Å²) in [6, 6.07) is 27.2. The number of carbonyl (C=O) groups excluding carboxylic acids is 1. The van der Waals surface area contributed by atoms with Gasteiger partial charge in [0.15, 0.2) is 0 Å². The molecule has 0 bridgehead atoms. The average Bonchev–Trinajstić information content (AvgIpc) is 2.88. The molecule has 4 aromatic rings. The molecule has 0 heterocycles. The molecular weight excluding hydrogens is 597 g/mol. The number of ether oxygens (including phenoxy) is 1. The van der Waals surface area contributed by atoms with E-state index in [1.807, 2.05) is 0 Å². The number of halogens is 6. The molecule has 1 unspecified atom stereocenters. The summed E-state index contributed by atoms with van der Waals surface area (Å²) in [6.45, 7) is 0. The molecule has 0 aliphatic heterocycles. The molecule has 0 fully saturated rings. The number of hydrogen-bond donors (Lipinski definition) is 1. The van der Waals surface area contributed by atoms with Gasteiger partial charge in [-0.25, -0.2) is 4.79 Å². The third kappa shape index (κ3) is 5.32. The molecule has 0 saturated carbocycles. The zero-order valence-corrected chi connectivity index (χ0v) is 23.4. The molecule has 9 heteroatoms. The van der Waals surface area contributed by atoms with Crippen molar-refractivity contribution in [2.45, 2.75) is 15.0 Å². The van der Waals surface area contributed by atoms with Gasteiger partial charge in [0.1, 0.15) is 0 Å². The summed E-state index contributed by atoms with van der Waals surface area (Å²) in [7, 11) is 0. The Labute approximate surface area is 244 Å². The van der Waals surface area contributed by atoms with Gasteiger partial charge >= 0.3 is 5.97 Å². The van der Waals surface area contributed by atoms with E-state index in [0.717, 1.165) is 0 Å². The van der Waals surface area contributed by atoms with Crippen LogP contribution in [0.4, 0.5) is 0 Å². The van der Waals surface area contributed by atoms with Crippen LogP contribution in [0.5, 0.6) is 0 Å². The fraction of sp³-hybridized carbons (Fsp3) is 0.107. The summed E-state index contributed by atoms with van der Waals surface area (Å²) in [6.07, 6.45) is 0. The zero-order chi connectivity index (χ0) is 26.8. The fourth-order valence-electron chi connectivity index (χ4n) is 4.07. The van der Waals surface area contributed by atoms with Gasteiger partial charge < -0.3 is 9.84 Å². The highest BCUT2D eigenvalue weighted by Crippen LogP contribution is 2.53. The Hall–Kier alpha value is -1.95. The van der Waals surface area contributed by atoms with Crippen molar-refractivity contribution in [3.8, 4) is 0 Å². The predicted molar refractivity (Wildman–Crippen MR) is 151 cm³/mol. The van der Waals surface area contributed by atoms with Gasteiger partial charge in [-0.3, -0.25) is 0 Å². The van der Waals surface area contributed by atoms with Crippen LogP contribution in [-0.4, -0.2) is 14.9 Å². The number of rotatable bonds is 6. The van der Waals surface area contributed by atoms with Crippen molar-refractivity contribution in [2.75, 3.05) is 0 Å². The molecule has 0 saturated heterocycles. The molecule has 0 spiro atoms. The molecule has 1 N–H and O–H groups in total. The number of hydrogen-bond acceptors (Lipinski definition) is 3. The summed E-state index contributed by atoms with van der Waals surface area (Å²) in [5, 5.41) is 13.1. The van der Waals surface area contributed by atoms with Gasteiger partial charge in [0, 0.05) is 31.8 Å². The van der Waals surface area contributed by atoms with Gasteiger partial charge in [-0.1, -0.05) is 142 Å². The summed E-state index contributed by atoms with van der Waals surface area (Å²) in [5.41, 5.74) is -3.51. The summed E-state index contributed by atoms with van der Waals surface area (Å²) >= 11 is 38.5. The molecule has 37 heavy (non-hydrogen) atoms. The molecule has 4 aromatic carbocycles. The molecule has 0 aromatic heterocycles. The Morgan fingerprint density at radius 3 is 1.54 bits per heavy atom. The lowest BCUT2D eigenvalue weighted by Gasteiger charge is -2.42. The molecule has 4 rings (SSSR count). The van der Waals surface area contributed by atoms with Crippen molar-refractivity contribution in [2.24, 2.45) is 0 Å². The number of carbonyl (C=O) groups is 1. The number of aliphatic hydroxyl groups is 1. The topological polar surface area (TPSA) is 46.5 Å². The lowest BCUT2D eigenvalue weighted by molar-refractivity contribution is -0.175. The Bertz CT molecular complexity index is 1340. The third-order valence-electron chi connectivity index (χ3n) is 5.90.